The third kappa shape index (κ3) is 1.65. The summed E-state index contributed by atoms with van der Waals surface area (Å²) < 4.78 is 2.53. The summed E-state index contributed by atoms with van der Waals surface area (Å²) in [4.78, 5) is 7.52. The van der Waals surface area contributed by atoms with E-state index in [2.05, 4.69) is 9.97 Å². The van der Waals surface area contributed by atoms with Crippen LogP contribution < -0.4 is 0 Å². The molecule has 2 heterocycles. The molecule has 90 valence electrons. The van der Waals surface area contributed by atoms with E-state index in [1.807, 2.05) is 41.8 Å². The molecule has 0 fully saturated rings. The quantitative estimate of drug-likeness (QED) is 0.680. The Labute approximate surface area is 114 Å². The molecule has 0 spiro atoms. The van der Waals surface area contributed by atoms with Gasteiger partial charge in [-0.15, -0.1) is 0 Å². The molecule has 18 heavy (non-hydrogen) atoms. The van der Waals surface area contributed by atoms with Gasteiger partial charge in [0, 0.05) is 11.2 Å². The van der Waals surface area contributed by atoms with Crippen molar-refractivity contribution in [3.05, 3.63) is 51.9 Å². The van der Waals surface area contributed by atoms with Crippen LogP contribution in [-0.2, 0) is 0 Å². The first kappa shape index (κ1) is 11.4. The molecule has 0 bridgehead atoms. The van der Waals surface area contributed by atoms with Gasteiger partial charge in [0.2, 0.25) is 0 Å². The lowest BCUT2D eigenvalue weighted by atomic mass is 10.2. The lowest BCUT2D eigenvalue weighted by Crippen LogP contribution is -1.98. The monoisotopic (exact) mass is 275 g/mol. The Morgan fingerprint density at radius 2 is 2.11 bits per heavy atom. The summed E-state index contributed by atoms with van der Waals surface area (Å²) >= 11 is 11.5. The average Bonchev–Trinajstić information content (AvgIpc) is 2.69. The average molecular weight is 276 g/mol. The van der Waals surface area contributed by atoms with Crippen molar-refractivity contribution in [2.45, 2.75) is 6.92 Å². The van der Waals surface area contributed by atoms with Gasteiger partial charge in [0.05, 0.1) is 11.2 Å². The molecule has 3 nitrogen and oxygen atoms in total. The van der Waals surface area contributed by atoms with Crippen molar-refractivity contribution in [2.75, 3.05) is 0 Å². The maximum atomic E-state index is 6.16. The molecule has 1 aromatic carbocycles. The number of nitrogens with zero attached hydrogens (tertiary/aromatic N) is 2. The topological polar surface area (TPSA) is 33.6 Å². The standard InChI is InChI=1S/C13H10ClN3S/c1-8-9(14)4-2-6-11(8)17-12-10(16-13(17)18)5-3-7-15-12/h2-7H,1H3,(H,16,18). The zero-order chi connectivity index (χ0) is 12.7. The fourth-order valence-electron chi connectivity index (χ4n) is 2.00. The van der Waals surface area contributed by atoms with Crippen LogP contribution in [0.1, 0.15) is 5.56 Å². The second-order valence-electron chi connectivity index (χ2n) is 4.02. The molecule has 0 atom stereocenters. The summed E-state index contributed by atoms with van der Waals surface area (Å²) in [5.41, 5.74) is 3.68. The minimum absolute atomic E-state index is 0.620. The molecule has 2 aromatic heterocycles. The molecule has 0 saturated heterocycles. The fourth-order valence-corrected chi connectivity index (χ4v) is 2.47. The molecule has 0 amide bonds. The molecule has 0 radical (unpaired) electrons. The molecular formula is C13H10ClN3S. The van der Waals surface area contributed by atoms with E-state index >= 15 is 0 Å². The number of halogens is 1. The highest BCUT2D eigenvalue weighted by atomic mass is 35.5. The van der Waals surface area contributed by atoms with Crippen molar-refractivity contribution < 1.29 is 0 Å². The molecule has 3 aromatic rings. The summed E-state index contributed by atoms with van der Waals surface area (Å²) in [6.45, 7) is 1.97. The van der Waals surface area contributed by atoms with Crippen LogP contribution in [0.5, 0.6) is 0 Å². The number of aromatic nitrogens is 3. The molecule has 0 aliphatic heterocycles. The SMILES string of the molecule is Cc1c(Cl)cccc1-n1c(=S)[nH]c2cccnc21. The molecule has 1 N–H and O–H groups in total. The van der Waals surface area contributed by atoms with E-state index in [1.54, 1.807) is 6.20 Å². The molecule has 0 unspecified atom stereocenters. The molecular weight excluding hydrogens is 266 g/mol. The van der Waals surface area contributed by atoms with Gasteiger partial charge in [0.25, 0.3) is 0 Å². The first-order chi connectivity index (χ1) is 8.68. The Kier molecular flexibility index (Phi) is 2.69. The normalized spacial score (nSPS) is 11.0. The largest absolute Gasteiger partial charge is 0.329 e. The smallest absolute Gasteiger partial charge is 0.184 e. The Bertz CT molecular complexity index is 788. The van der Waals surface area contributed by atoms with Crippen molar-refractivity contribution >= 4 is 35.0 Å². The van der Waals surface area contributed by atoms with E-state index in [0.717, 1.165) is 27.4 Å². The molecule has 5 heteroatoms. The van der Waals surface area contributed by atoms with Gasteiger partial charge in [-0.2, -0.15) is 0 Å². The minimum Gasteiger partial charge on any atom is -0.329 e. The summed E-state index contributed by atoms with van der Waals surface area (Å²) in [6, 6.07) is 9.59. The van der Waals surface area contributed by atoms with Crippen molar-refractivity contribution in [1.82, 2.24) is 14.5 Å². The van der Waals surface area contributed by atoms with Crippen LogP contribution in [0.15, 0.2) is 36.5 Å². The minimum atomic E-state index is 0.620. The van der Waals surface area contributed by atoms with Gasteiger partial charge < -0.3 is 4.98 Å². The molecule has 3 rings (SSSR count). The van der Waals surface area contributed by atoms with Crippen LogP contribution >= 0.6 is 23.8 Å². The first-order valence-corrected chi connectivity index (χ1v) is 6.28. The lowest BCUT2D eigenvalue weighted by molar-refractivity contribution is 1.03. The number of hydrogen-bond acceptors (Lipinski definition) is 2. The number of aromatic amines is 1. The van der Waals surface area contributed by atoms with Crippen molar-refractivity contribution in [1.29, 1.82) is 0 Å². The third-order valence-corrected chi connectivity index (χ3v) is 3.62. The van der Waals surface area contributed by atoms with E-state index in [0.29, 0.717) is 4.77 Å². The summed E-state index contributed by atoms with van der Waals surface area (Å²) in [7, 11) is 0. The van der Waals surface area contributed by atoms with Crippen LogP contribution in [-0.4, -0.2) is 14.5 Å². The summed E-state index contributed by atoms with van der Waals surface area (Å²) in [5, 5.41) is 0.722. The van der Waals surface area contributed by atoms with E-state index in [4.69, 9.17) is 23.8 Å². The molecule has 0 aliphatic carbocycles. The fraction of sp³-hybridized carbons (Fsp3) is 0.0769. The number of hydrogen-bond donors (Lipinski definition) is 1. The van der Waals surface area contributed by atoms with E-state index in [9.17, 15) is 0 Å². The van der Waals surface area contributed by atoms with Crippen LogP contribution in [0.3, 0.4) is 0 Å². The lowest BCUT2D eigenvalue weighted by Gasteiger charge is -2.08. The maximum absolute atomic E-state index is 6.16. The predicted octanol–water partition coefficient (Wildman–Crippen LogP) is 4.04. The molecule has 0 saturated carbocycles. The second kappa shape index (κ2) is 4.23. The molecule has 0 aliphatic rings. The number of nitrogens with one attached hydrogen (secondary N) is 1. The number of pyridine rings is 1. The number of H-pyrrole nitrogens is 1. The Morgan fingerprint density at radius 1 is 1.28 bits per heavy atom. The van der Waals surface area contributed by atoms with Gasteiger partial charge in [-0.3, -0.25) is 4.57 Å². The third-order valence-electron chi connectivity index (χ3n) is 2.92. The number of benzene rings is 1. The van der Waals surface area contributed by atoms with E-state index in [1.165, 1.54) is 0 Å². The van der Waals surface area contributed by atoms with Crippen LogP contribution in [0.4, 0.5) is 0 Å². The van der Waals surface area contributed by atoms with Gasteiger partial charge in [0.15, 0.2) is 10.4 Å². The Balaban J connectivity index is 2.42. The van der Waals surface area contributed by atoms with Gasteiger partial charge in [0.1, 0.15) is 0 Å². The van der Waals surface area contributed by atoms with Crippen molar-refractivity contribution in [2.24, 2.45) is 0 Å². The van der Waals surface area contributed by atoms with Crippen LogP contribution in [0.25, 0.3) is 16.9 Å². The number of fused-ring (bicyclic) bond motifs is 1. The van der Waals surface area contributed by atoms with Gasteiger partial charge in [-0.25, -0.2) is 4.98 Å². The van der Waals surface area contributed by atoms with Crippen LogP contribution in [0.2, 0.25) is 5.02 Å². The first-order valence-electron chi connectivity index (χ1n) is 5.50. The zero-order valence-electron chi connectivity index (χ0n) is 9.64. The van der Waals surface area contributed by atoms with Crippen molar-refractivity contribution in [3.8, 4) is 5.69 Å². The van der Waals surface area contributed by atoms with Gasteiger partial charge in [-0.05, 0) is 49.0 Å². The van der Waals surface area contributed by atoms with Crippen molar-refractivity contribution in [3.63, 3.8) is 0 Å². The summed E-state index contributed by atoms with van der Waals surface area (Å²) in [5.74, 6) is 0. The Morgan fingerprint density at radius 3 is 2.94 bits per heavy atom. The highest BCUT2D eigenvalue weighted by molar-refractivity contribution is 7.71. The predicted molar refractivity (Wildman–Crippen MR) is 76.0 cm³/mol. The van der Waals surface area contributed by atoms with E-state index in [-0.39, 0.29) is 0 Å². The van der Waals surface area contributed by atoms with E-state index < -0.39 is 0 Å². The van der Waals surface area contributed by atoms with Gasteiger partial charge in [-0.1, -0.05) is 17.7 Å². The number of imidazole rings is 1. The van der Waals surface area contributed by atoms with Crippen LogP contribution in [0, 0.1) is 11.7 Å². The van der Waals surface area contributed by atoms with Gasteiger partial charge >= 0.3 is 0 Å². The maximum Gasteiger partial charge on any atom is 0.184 e. The number of rotatable bonds is 1. The second-order valence-corrected chi connectivity index (χ2v) is 4.82. The highest BCUT2D eigenvalue weighted by Crippen LogP contribution is 2.25. The highest BCUT2D eigenvalue weighted by Gasteiger charge is 2.10. The Hall–Kier alpha value is -1.65. The summed E-state index contributed by atoms with van der Waals surface area (Å²) in [6.07, 6.45) is 1.75. The zero-order valence-corrected chi connectivity index (χ0v) is 11.2.